The molecule has 0 saturated carbocycles. The lowest BCUT2D eigenvalue weighted by atomic mass is 9.68. The Labute approximate surface area is 316 Å². The Balaban J connectivity index is 0.000000302. The Morgan fingerprint density at radius 3 is 1.21 bits per heavy atom. The zero-order valence-corrected chi connectivity index (χ0v) is 34.2. The molecule has 0 spiro atoms. The molecule has 0 heterocycles. The van der Waals surface area contributed by atoms with E-state index in [-0.39, 0.29) is 22.2 Å². The second-order valence-electron chi connectivity index (χ2n) is 17.0. The first-order valence-electron chi connectivity index (χ1n) is 19.7. The number of hydrogen-bond donors (Lipinski definition) is 4. The van der Waals surface area contributed by atoms with Gasteiger partial charge in [0.25, 0.3) is 0 Å². The molecular weight excluding hydrogens is 641 g/mol. The quantitative estimate of drug-likeness (QED) is 0.104. The molecule has 0 aliphatic rings. The van der Waals surface area contributed by atoms with E-state index in [9.17, 15) is 20.4 Å². The van der Waals surface area contributed by atoms with Crippen LogP contribution in [0, 0.1) is 13.8 Å². The molecule has 0 saturated heterocycles. The molecule has 4 heteroatoms. The van der Waals surface area contributed by atoms with Gasteiger partial charge in [-0.05, 0) is 125 Å². The van der Waals surface area contributed by atoms with Crippen molar-refractivity contribution < 1.29 is 20.4 Å². The van der Waals surface area contributed by atoms with Gasteiger partial charge < -0.3 is 20.4 Å². The second kappa shape index (κ2) is 18.2. The van der Waals surface area contributed by atoms with E-state index in [1.54, 1.807) is 24.3 Å². The molecule has 0 fully saturated rings. The van der Waals surface area contributed by atoms with Crippen molar-refractivity contribution in [1.82, 2.24) is 0 Å². The maximum absolute atomic E-state index is 10.5. The summed E-state index contributed by atoms with van der Waals surface area (Å²) in [6.07, 6.45) is 10.2. The van der Waals surface area contributed by atoms with Crippen molar-refractivity contribution in [2.24, 2.45) is 0 Å². The number of hydrogen-bond acceptors (Lipinski definition) is 4. The van der Waals surface area contributed by atoms with Crippen LogP contribution in [0.5, 0.6) is 23.0 Å². The van der Waals surface area contributed by atoms with Crippen LogP contribution in [0.2, 0.25) is 0 Å². The Kier molecular flexibility index (Phi) is 14.9. The Bertz CT molecular complexity index is 1580. The smallest absolute Gasteiger partial charge is 0.118 e. The van der Waals surface area contributed by atoms with Crippen LogP contribution in [-0.4, -0.2) is 20.4 Å². The first-order chi connectivity index (χ1) is 24.4. The highest BCUT2D eigenvalue weighted by Crippen LogP contribution is 2.45. The molecule has 284 valence electrons. The van der Waals surface area contributed by atoms with Gasteiger partial charge in [-0.15, -0.1) is 0 Å². The van der Waals surface area contributed by atoms with Crippen molar-refractivity contribution in [2.75, 3.05) is 0 Å². The summed E-state index contributed by atoms with van der Waals surface area (Å²) >= 11 is 0. The van der Waals surface area contributed by atoms with Gasteiger partial charge in [0.2, 0.25) is 0 Å². The second-order valence-corrected chi connectivity index (χ2v) is 17.0. The first kappa shape index (κ1) is 42.5. The van der Waals surface area contributed by atoms with Gasteiger partial charge in [-0.1, -0.05) is 137 Å². The average Bonchev–Trinajstić information content (AvgIpc) is 3.07. The number of phenolic OH excluding ortho intramolecular Hbond substituents is 4. The van der Waals surface area contributed by atoms with Gasteiger partial charge in [-0.2, -0.15) is 0 Å². The number of phenols is 4. The molecule has 0 aliphatic heterocycles. The molecule has 4 aromatic rings. The standard InChI is InChI=1S/C29H44O2.C19H24O2/c1-10-11-12-13-14-21(22-15-19(2)26(30)17-24(22)28(4,5)6)23-16-20(3)27(31)18-25(23)29(7,8)9;1-3-13-19(14-4-2,15-5-9-17(20)10-6-15)16-7-11-18(21)12-8-16/h15-18,21,30-31H,10-14H2,1-9H3;5-12,20-21H,3-4,13-14H2,1-2H3. The lowest BCUT2D eigenvalue weighted by Crippen LogP contribution is -2.27. The topological polar surface area (TPSA) is 80.9 Å². The number of rotatable bonds is 13. The van der Waals surface area contributed by atoms with Gasteiger partial charge in [0, 0.05) is 11.3 Å². The third-order valence-corrected chi connectivity index (χ3v) is 10.6. The third-order valence-electron chi connectivity index (χ3n) is 10.6. The monoisotopic (exact) mass is 709 g/mol. The van der Waals surface area contributed by atoms with Crippen LogP contribution < -0.4 is 0 Å². The molecular formula is C48H68O4. The van der Waals surface area contributed by atoms with Crippen LogP contribution in [0.15, 0.2) is 72.8 Å². The van der Waals surface area contributed by atoms with Crippen LogP contribution in [-0.2, 0) is 16.2 Å². The molecule has 0 bridgehead atoms. The molecule has 4 aromatic carbocycles. The van der Waals surface area contributed by atoms with Gasteiger partial charge in [0.05, 0.1) is 0 Å². The normalized spacial score (nSPS) is 12.2. The maximum atomic E-state index is 10.5. The van der Waals surface area contributed by atoms with Gasteiger partial charge >= 0.3 is 0 Å². The number of benzene rings is 4. The number of aryl methyl sites for hydroxylation is 2. The van der Waals surface area contributed by atoms with Crippen molar-refractivity contribution in [3.05, 3.63) is 117 Å². The Morgan fingerprint density at radius 2 is 0.885 bits per heavy atom. The molecule has 0 unspecified atom stereocenters. The lowest BCUT2D eigenvalue weighted by Gasteiger charge is -2.35. The minimum absolute atomic E-state index is 0.0507. The van der Waals surface area contributed by atoms with Crippen molar-refractivity contribution in [2.45, 2.75) is 156 Å². The van der Waals surface area contributed by atoms with Crippen LogP contribution >= 0.6 is 0 Å². The largest absolute Gasteiger partial charge is 0.508 e. The van der Waals surface area contributed by atoms with Gasteiger partial charge in [0.1, 0.15) is 23.0 Å². The highest BCUT2D eigenvalue weighted by atomic mass is 16.3. The van der Waals surface area contributed by atoms with E-state index >= 15 is 0 Å². The zero-order valence-electron chi connectivity index (χ0n) is 34.2. The first-order valence-corrected chi connectivity index (χ1v) is 19.7. The Morgan fingerprint density at radius 1 is 0.500 bits per heavy atom. The van der Waals surface area contributed by atoms with E-state index in [0.29, 0.717) is 23.0 Å². The SMILES string of the molecule is CCCC(CCC)(c1ccc(O)cc1)c1ccc(O)cc1.CCCCCCC(c1cc(C)c(O)cc1C(C)(C)C)c1cc(C)c(O)cc1C(C)(C)C. The highest BCUT2D eigenvalue weighted by molar-refractivity contribution is 5.53. The van der Waals surface area contributed by atoms with E-state index < -0.39 is 0 Å². The van der Waals surface area contributed by atoms with E-state index in [4.69, 9.17) is 0 Å². The van der Waals surface area contributed by atoms with Crippen molar-refractivity contribution in [3.63, 3.8) is 0 Å². The summed E-state index contributed by atoms with van der Waals surface area (Å²) in [5.74, 6) is 1.57. The molecule has 4 N–H and O–H groups in total. The van der Waals surface area contributed by atoms with E-state index in [2.05, 4.69) is 74.4 Å². The summed E-state index contributed by atoms with van der Waals surface area (Å²) < 4.78 is 0. The summed E-state index contributed by atoms with van der Waals surface area (Å²) in [7, 11) is 0. The molecule has 0 radical (unpaired) electrons. The van der Waals surface area contributed by atoms with Crippen LogP contribution in [0.1, 0.15) is 171 Å². The van der Waals surface area contributed by atoms with Crippen LogP contribution in [0.25, 0.3) is 0 Å². The fourth-order valence-corrected chi connectivity index (χ4v) is 7.85. The predicted octanol–water partition coefficient (Wildman–Crippen LogP) is 13.4. The van der Waals surface area contributed by atoms with Gasteiger partial charge in [0.15, 0.2) is 0 Å². The van der Waals surface area contributed by atoms with Gasteiger partial charge in [-0.25, -0.2) is 0 Å². The average molecular weight is 709 g/mol. The molecule has 0 aliphatic carbocycles. The summed E-state index contributed by atoms with van der Waals surface area (Å²) in [5.41, 5.74) is 9.16. The van der Waals surface area contributed by atoms with Crippen molar-refractivity contribution in [3.8, 4) is 23.0 Å². The molecule has 52 heavy (non-hydrogen) atoms. The maximum Gasteiger partial charge on any atom is 0.118 e. The number of unbranched alkanes of at least 4 members (excludes halogenated alkanes) is 3. The highest BCUT2D eigenvalue weighted by Gasteiger charge is 2.33. The summed E-state index contributed by atoms with van der Waals surface area (Å²) in [6, 6.07) is 23.5. The third kappa shape index (κ3) is 10.6. The summed E-state index contributed by atoms with van der Waals surface area (Å²) in [6.45, 7) is 24.0. The fourth-order valence-electron chi connectivity index (χ4n) is 7.85. The van der Waals surface area contributed by atoms with Crippen LogP contribution in [0.3, 0.4) is 0 Å². The van der Waals surface area contributed by atoms with E-state index in [0.717, 1.165) is 43.2 Å². The van der Waals surface area contributed by atoms with Crippen molar-refractivity contribution in [1.29, 1.82) is 0 Å². The van der Waals surface area contributed by atoms with E-state index in [1.807, 2.05) is 50.2 Å². The van der Waals surface area contributed by atoms with E-state index in [1.165, 1.54) is 59.1 Å². The lowest BCUT2D eigenvalue weighted by molar-refractivity contribution is 0.422. The molecule has 0 atom stereocenters. The summed E-state index contributed by atoms with van der Waals surface area (Å²) in [5, 5.41) is 40.1. The van der Waals surface area contributed by atoms with Gasteiger partial charge in [-0.3, -0.25) is 0 Å². The predicted molar refractivity (Wildman–Crippen MR) is 220 cm³/mol. The zero-order chi connectivity index (χ0) is 38.9. The minimum Gasteiger partial charge on any atom is -0.508 e. The Hall–Kier alpha value is -3.92. The number of aromatic hydroxyl groups is 4. The molecule has 0 amide bonds. The fraction of sp³-hybridized carbons (Fsp3) is 0.500. The summed E-state index contributed by atoms with van der Waals surface area (Å²) in [4.78, 5) is 0. The molecule has 4 rings (SSSR count). The molecule has 0 aromatic heterocycles. The van der Waals surface area contributed by atoms with Crippen LogP contribution in [0.4, 0.5) is 0 Å². The minimum atomic E-state index is -0.0734. The van der Waals surface area contributed by atoms with Crippen molar-refractivity contribution >= 4 is 0 Å². The molecule has 4 nitrogen and oxygen atoms in total.